The number of hydrogen-bond acceptors (Lipinski definition) is 5. The second-order valence-electron chi connectivity index (χ2n) is 4.68. The van der Waals surface area contributed by atoms with E-state index in [1.807, 2.05) is 20.0 Å². The minimum atomic E-state index is -0.445. The number of hydrogen-bond donors (Lipinski definition) is 1. The highest BCUT2D eigenvalue weighted by atomic mass is 16.5. The third-order valence-electron chi connectivity index (χ3n) is 3.14. The first-order valence-corrected chi connectivity index (χ1v) is 6.67. The minimum absolute atomic E-state index is 0.166. The summed E-state index contributed by atoms with van der Waals surface area (Å²) in [4.78, 5) is 12.1. The highest BCUT2D eigenvalue weighted by Gasteiger charge is 2.12. The largest absolute Gasteiger partial charge is 0.497 e. The minimum Gasteiger partial charge on any atom is -0.497 e. The number of anilines is 1. The van der Waals surface area contributed by atoms with Crippen molar-refractivity contribution in [1.82, 2.24) is 9.78 Å². The molecular formula is C15H19N3O3. The van der Waals surface area contributed by atoms with Gasteiger partial charge in [0.05, 0.1) is 24.1 Å². The first kappa shape index (κ1) is 14.9. The molecule has 6 nitrogen and oxygen atoms in total. The third kappa shape index (κ3) is 3.53. The van der Waals surface area contributed by atoms with Crippen LogP contribution in [-0.4, -0.2) is 22.9 Å². The van der Waals surface area contributed by atoms with Crippen LogP contribution in [0.25, 0.3) is 0 Å². The molecule has 0 atom stereocenters. The van der Waals surface area contributed by atoms with E-state index in [-0.39, 0.29) is 6.61 Å². The van der Waals surface area contributed by atoms with Crippen LogP contribution in [-0.2, 0) is 24.8 Å². The highest BCUT2D eigenvalue weighted by Crippen LogP contribution is 2.19. The van der Waals surface area contributed by atoms with Crippen molar-refractivity contribution in [2.75, 3.05) is 12.8 Å². The lowest BCUT2D eigenvalue weighted by molar-refractivity contribution is 0.0463. The molecule has 0 unspecified atom stereocenters. The lowest BCUT2D eigenvalue weighted by atomic mass is 10.2. The number of carbonyl (C=O) groups is 1. The van der Waals surface area contributed by atoms with E-state index in [1.165, 1.54) is 7.11 Å². The van der Waals surface area contributed by atoms with Crippen molar-refractivity contribution >= 4 is 11.7 Å². The van der Waals surface area contributed by atoms with E-state index in [0.29, 0.717) is 17.0 Å². The molecule has 0 saturated carbocycles. The van der Waals surface area contributed by atoms with Gasteiger partial charge in [-0.15, -0.1) is 0 Å². The van der Waals surface area contributed by atoms with Gasteiger partial charge in [0.15, 0.2) is 0 Å². The Morgan fingerprint density at radius 1 is 1.33 bits per heavy atom. The molecule has 1 aromatic carbocycles. The van der Waals surface area contributed by atoms with E-state index in [9.17, 15) is 4.79 Å². The summed E-state index contributed by atoms with van der Waals surface area (Å²) >= 11 is 0. The molecule has 21 heavy (non-hydrogen) atoms. The summed E-state index contributed by atoms with van der Waals surface area (Å²) in [5.41, 5.74) is 8.35. The number of nitrogens with zero attached hydrogens (tertiary/aromatic N) is 2. The van der Waals surface area contributed by atoms with Gasteiger partial charge < -0.3 is 15.2 Å². The van der Waals surface area contributed by atoms with E-state index < -0.39 is 5.97 Å². The summed E-state index contributed by atoms with van der Waals surface area (Å²) in [5, 5.41) is 4.31. The standard InChI is InChI=1S/C15H19N3O3/c1-4-12-8-13(18(2)17-12)9-21-15(19)10-5-11(16)7-14(6-10)20-3/h5-8H,4,9,16H2,1-3H3. The van der Waals surface area contributed by atoms with Crippen LogP contribution in [0.4, 0.5) is 5.69 Å². The molecule has 2 rings (SSSR count). The lowest BCUT2D eigenvalue weighted by Crippen LogP contribution is -2.08. The first-order chi connectivity index (χ1) is 10.0. The maximum atomic E-state index is 12.1. The molecule has 1 aromatic heterocycles. The Bertz CT molecular complexity index is 650. The first-order valence-electron chi connectivity index (χ1n) is 6.67. The number of rotatable bonds is 5. The number of nitrogen functional groups attached to an aromatic ring is 1. The van der Waals surface area contributed by atoms with E-state index in [1.54, 1.807) is 22.9 Å². The Morgan fingerprint density at radius 2 is 2.10 bits per heavy atom. The number of esters is 1. The summed E-state index contributed by atoms with van der Waals surface area (Å²) in [7, 11) is 3.34. The van der Waals surface area contributed by atoms with E-state index in [0.717, 1.165) is 17.8 Å². The molecule has 6 heteroatoms. The Kier molecular flexibility index (Phi) is 4.47. The molecule has 0 radical (unpaired) electrons. The third-order valence-corrected chi connectivity index (χ3v) is 3.14. The number of nitrogens with two attached hydrogens (primary N) is 1. The van der Waals surface area contributed by atoms with Crippen molar-refractivity contribution in [1.29, 1.82) is 0 Å². The number of carbonyl (C=O) groups excluding carboxylic acids is 1. The fourth-order valence-corrected chi connectivity index (χ4v) is 1.96. The number of aryl methyl sites for hydroxylation is 2. The highest BCUT2D eigenvalue weighted by molar-refractivity contribution is 5.91. The van der Waals surface area contributed by atoms with E-state index in [4.69, 9.17) is 15.2 Å². The Morgan fingerprint density at radius 3 is 2.71 bits per heavy atom. The number of aromatic nitrogens is 2. The van der Waals surface area contributed by atoms with Gasteiger partial charge in [-0.05, 0) is 24.6 Å². The molecule has 0 aliphatic rings. The van der Waals surface area contributed by atoms with Crippen molar-refractivity contribution in [2.45, 2.75) is 20.0 Å². The Hall–Kier alpha value is -2.50. The molecule has 112 valence electrons. The summed E-state index contributed by atoms with van der Waals surface area (Å²) in [6.07, 6.45) is 0.841. The fraction of sp³-hybridized carbons (Fsp3) is 0.333. The van der Waals surface area contributed by atoms with Crippen LogP contribution in [0.15, 0.2) is 24.3 Å². The number of ether oxygens (including phenoxy) is 2. The zero-order valence-electron chi connectivity index (χ0n) is 12.4. The van der Waals surface area contributed by atoms with Crippen molar-refractivity contribution in [2.24, 2.45) is 7.05 Å². The smallest absolute Gasteiger partial charge is 0.338 e. The second kappa shape index (κ2) is 6.30. The van der Waals surface area contributed by atoms with Gasteiger partial charge in [-0.1, -0.05) is 6.92 Å². The van der Waals surface area contributed by atoms with Crippen LogP contribution >= 0.6 is 0 Å². The van der Waals surface area contributed by atoms with Gasteiger partial charge in [0.25, 0.3) is 0 Å². The molecule has 0 spiro atoms. The second-order valence-corrected chi connectivity index (χ2v) is 4.68. The van der Waals surface area contributed by atoms with Gasteiger partial charge in [0.1, 0.15) is 12.4 Å². The summed E-state index contributed by atoms with van der Waals surface area (Å²) in [5.74, 6) is 0.0793. The number of benzene rings is 1. The monoisotopic (exact) mass is 289 g/mol. The van der Waals surface area contributed by atoms with Crippen LogP contribution in [0.2, 0.25) is 0 Å². The van der Waals surface area contributed by atoms with Crippen molar-refractivity contribution in [3.05, 3.63) is 41.2 Å². The molecule has 0 aliphatic heterocycles. The van der Waals surface area contributed by atoms with Gasteiger partial charge in [-0.3, -0.25) is 4.68 Å². The summed E-state index contributed by atoms with van der Waals surface area (Å²) in [6, 6.07) is 6.73. The molecule has 2 aromatic rings. The van der Waals surface area contributed by atoms with E-state index in [2.05, 4.69) is 5.10 Å². The van der Waals surface area contributed by atoms with Crippen LogP contribution in [0.5, 0.6) is 5.75 Å². The van der Waals surface area contributed by atoms with Crippen LogP contribution in [0.1, 0.15) is 28.7 Å². The SMILES string of the molecule is CCc1cc(COC(=O)c2cc(N)cc(OC)c2)n(C)n1. The van der Waals surface area contributed by atoms with Crippen LogP contribution in [0, 0.1) is 0 Å². The maximum Gasteiger partial charge on any atom is 0.338 e. The van der Waals surface area contributed by atoms with Gasteiger partial charge in [0, 0.05) is 18.8 Å². The average Bonchev–Trinajstić information content (AvgIpc) is 2.84. The van der Waals surface area contributed by atoms with Crippen molar-refractivity contribution in [3.8, 4) is 5.75 Å². The predicted octanol–water partition coefficient (Wildman–Crippen LogP) is 1.93. The molecule has 0 aliphatic carbocycles. The molecular weight excluding hydrogens is 270 g/mol. The lowest BCUT2D eigenvalue weighted by Gasteiger charge is -2.07. The number of methoxy groups -OCH3 is 1. The zero-order chi connectivity index (χ0) is 15.4. The molecule has 1 heterocycles. The van der Waals surface area contributed by atoms with Gasteiger partial charge in [-0.25, -0.2) is 4.79 Å². The van der Waals surface area contributed by atoms with Gasteiger partial charge in [0.2, 0.25) is 0 Å². The molecule has 0 amide bonds. The average molecular weight is 289 g/mol. The summed E-state index contributed by atoms with van der Waals surface area (Å²) < 4.78 is 12.1. The molecule has 2 N–H and O–H groups in total. The van der Waals surface area contributed by atoms with Crippen molar-refractivity contribution in [3.63, 3.8) is 0 Å². The van der Waals surface area contributed by atoms with Crippen LogP contribution < -0.4 is 10.5 Å². The molecule has 0 saturated heterocycles. The van der Waals surface area contributed by atoms with Gasteiger partial charge >= 0.3 is 5.97 Å². The maximum absolute atomic E-state index is 12.1. The zero-order valence-corrected chi connectivity index (χ0v) is 12.4. The van der Waals surface area contributed by atoms with E-state index >= 15 is 0 Å². The fourth-order valence-electron chi connectivity index (χ4n) is 1.96. The Balaban J connectivity index is 2.07. The van der Waals surface area contributed by atoms with Crippen LogP contribution in [0.3, 0.4) is 0 Å². The van der Waals surface area contributed by atoms with Crippen molar-refractivity contribution < 1.29 is 14.3 Å². The topological polar surface area (TPSA) is 79.4 Å². The quantitative estimate of drug-likeness (QED) is 0.672. The molecule has 0 bridgehead atoms. The predicted molar refractivity (Wildman–Crippen MR) is 79.1 cm³/mol. The normalized spacial score (nSPS) is 10.4. The summed E-state index contributed by atoms with van der Waals surface area (Å²) in [6.45, 7) is 2.19. The molecule has 0 fully saturated rings. The Labute approximate surface area is 123 Å². The van der Waals surface area contributed by atoms with Gasteiger partial charge in [-0.2, -0.15) is 5.10 Å².